The van der Waals surface area contributed by atoms with Crippen LogP contribution in [0.3, 0.4) is 0 Å². The summed E-state index contributed by atoms with van der Waals surface area (Å²) in [5, 5.41) is 2.82. The van der Waals surface area contributed by atoms with E-state index in [1.807, 2.05) is 0 Å². The van der Waals surface area contributed by atoms with Crippen LogP contribution in [-0.2, 0) is 9.53 Å². The normalized spacial score (nSPS) is 10.7. The number of halogens is 2. The smallest absolute Gasteiger partial charge is 0.261 e. The number of carbonyl (C=O) groups is 1. The molecule has 0 bridgehead atoms. The van der Waals surface area contributed by atoms with Gasteiger partial charge in [0.05, 0.1) is 6.61 Å². The number of carbonyl (C=O) groups excluding carboxylic acids is 1. The first-order chi connectivity index (χ1) is 6.13. The first kappa shape index (κ1) is 12.2. The molecular formula is C7H14F2N2O2. The third-order valence-corrected chi connectivity index (χ3v) is 1.22. The maximum Gasteiger partial charge on any atom is 0.261 e. The lowest BCUT2D eigenvalue weighted by atomic mass is 10.4. The van der Waals surface area contributed by atoms with Crippen LogP contribution in [0, 0.1) is 0 Å². The fourth-order valence-corrected chi connectivity index (χ4v) is 0.653. The van der Waals surface area contributed by atoms with Crippen LogP contribution in [0.2, 0.25) is 0 Å². The molecule has 0 spiro atoms. The highest BCUT2D eigenvalue weighted by atomic mass is 19.3. The number of alkyl halides is 2. The summed E-state index contributed by atoms with van der Waals surface area (Å²) in [6.45, 7) is 0.563. The number of hydrogen-bond acceptors (Lipinski definition) is 3. The Morgan fingerprint density at radius 1 is 1.46 bits per heavy atom. The first-order valence-electron chi connectivity index (χ1n) is 3.98. The molecule has 4 nitrogen and oxygen atoms in total. The highest BCUT2D eigenvalue weighted by Crippen LogP contribution is 1.91. The van der Waals surface area contributed by atoms with Crippen molar-refractivity contribution in [2.75, 3.05) is 26.3 Å². The third kappa shape index (κ3) is 11.2. The Morgan fingerprint density at radius 3 is 2.69 bits per heavy atom. The van der Waals surface area contributed by atoms with Gasteiger partial charge in [0.2, 0.25) is 5.91 Å². The molecule has 0 aromatic heterocycles. The van der Waals surface area contributed by atoms with Crippen molar-refractivity contribution in [3.8, 4) is 0 Å². The maximum absolute atomic E-state index is 11.5. The minimum Gasteiger partial charge on any atom is -0.374 e. The second-order valence-electron chi connectivity index (χ2n) is 2.43. The summed E-state index contributed by atoms with van der Waals surface area (Å²) in [7, 11) is 0. The molecule has 6 heteroatoms. The van der Waals surface area contributed by atoms with Gasteiger partial charge in [-0.25, -0.2) is 8.78 Å². The van der Waals surface area contributed by atoms with Crippen LogP contribution >= 0.6 is 0 Å². The average Bonchev–Trinajstić information content (AvgIpc) is 2.01. The van der Waals surface area contributed by atoms with Gasteiger partial charge >= 0.3 is 0 Å². The molecule has 13 heavy (non-hydrogen) atoms. The van der Waals surface area contributed by atoms with Gasteiger partial charge in [-0.2, -0.15) is 0 Å². The lowest BCUT2D eigenvalue weighted by molar-refractivity contribution is -0.117. The van der Waals surface area contributed by atoms with Crippen molar-refractivity contribution in [3.63, 3.8) is 0 Å². The highest BCUT2D eigenvalue weighted by molar-refractivity contribution is 5.73. The molecule has 3 N–H and O–H groups in total. The molecule has 0 unspecified atom stereocenters. The summed E-state index contributed by atoms with van der Waals surface area (Å²) in [4.78, 5) is 10.2. The van der Waals surface area contributed by atoms with E-state index in [0.717, 1.165) is 0 Å². The number of nitrogens with two attached hydrogens (primary N) is 1. The van der Waals surface area contributed by atoms with Crippen LogP contribution in [0.5, 0.6) is 0 Å². The van der Waals surface area contributed by atoms with Crippen molar-refractivity contribution in [1.82, 2.24) is 5.32 Å². The Morgan fingerprint density at radius 2 is 2.15 bits per heavy atom. The predicted octanol–water partition coefficient (Wildman–Crippen LogP) is -0.267. The quantitative estimate of drug-likeness (QED) is 0.525. The summed E-state index contributed by atoms with van der Waals surface area (Å²) >= 11 is 0. The number of rotatable bonds is 8. The van der Waals surface area contributed by atoms with E-state index in [2.05, 4.69) is 10.1 Å². The molecule has 0 fully saturated rings. The summed E-state index contributed by atoms with van der Waals surface area (Å²) in [6.07, 6.45) is -2.18. The number of hydrogen-bond donors (Lipinski definition) is 2. The van der Waals surface area contributed by atoms with Crippen molar-refractivity contribution in [2.45, 2.75) is 12.8 Å². The van der Waals surface area contributed by atoms with Gasteiger partial charge in [0.1, 0.15) is 6.61 Å². The molecule has 0 aromatic carbocycles. The summed E-state index contributed by atoms with van der Waals surface area (Å²) in [6, 6.07) is 0. The van der Waals surface area contributed by atoms with Gasteiger partial charge in [-0.15, -0.1) is 0 Å². The highest BCUT2D eigenvalue weighted by Gasteiger charge is 2.00. The van der Waals surface area contributed by atoms with E-state index >= 15 is 0 Å². The Kier molecular flexibility index (Phi) is 7.42. The first-order valence-corrected chi connectivity index (χ1v) is 3.98. The SMILES string of the molecule is NC(=O)CCNCCOCC(F)F. The molecule has 0 rings (SSSR count). The molecule has 0 atom stereocenters. The van der Waals surface area contributed by atoms with Crippen molar-refractivity contribution >= 4 is 5.91 Å². The van der Waals surface area contributed by atoms with E-state index < -0.39 is 13.0 Å². The van der Waals surface area contributed by atoms with Crippen LogP contribution < -0.4 is 11.1 Å². The Balaban J connectivity index is 2.96. The molecular weight excluding hydrogens is 182 g/mol. The second-order valence-corrected chi connectivity index (χ2v) is 2.43. The van der Waals surface area contributed by atoms with E-state index in [9.17, 15) is 13.6 Å². The second kappa shape index (κ2) is 7.88. The molecule has 0 radical (unpaired) electrons. The predicted molar refractivity (Wildman–Crippen MR) is 43.5 cm³/mol. The molecule has 78 valence electrons. The van der Waals surface area contributed by atoms with E-state index in [0.29, 0.717) is 13.1 Å². The summed E-state index contributed by atoms with van der Waals surface area (Å²) < 4.78 is 27.6. The van der Waals surface area contributed by atoms with Gasteiger partial charge in [0.25, 0.3) is 6.43 Å². The monoisotopic (exact) mass is 196 g/mol. The molecule has 0 aliphatic rings. The van der Waals surface area contributed by atoms with E-state index in [4.69, 9.17) is 5.73 Å². The molecule has 0 aromatic rings. The summed E-state index contributed by atoms with van der Waals surface area (Å²) in [5.41, 5.74) is 4.86. The molecule has 0 aliphatic heterocycles. The zero-order valence-corrected chi connectivity index (χ0v) is 7.26. The van der Waals surface area contributed by atoms with Crippen molar-refractivity contribution in [2.24, 2.45) is 5.73 Å². The van der Waals surface area contributed by atoms with Crippen LogP contribution in [0.25, 0.3) is 0 Å². The molecule has 0 heterocycles. The summed E-state index contributed by atoms with van der Waals surface area (Å²) in [5.74, 6) is -0.388. The zero-order valence-electron chi connectivity index (χ0n) is 7.26. The van der Waals surface area contributed by atoms with Crippen molar-refractivity contribution in [3.05, 3.63) is 0 Å². The van der Waals surface area contributed by atoms with E-state index in [1.165, 1.54) is 0 Å². The standard InChI is InChI=1S/C7H14F2N2O2/c8-6(9)5-13-4-3-11-2-1-7(10)12/h6,11H,1-5H2,(H2,10,12). The third-order valence-electron chi connectivity index (χ3n) is 1.22. The lowest BCUT2D eigenvalue weighted by Gasteiger charge is -2.04. The molecule has 1 amide bonds. The Bertz CT molecular complexity index is 144. The van der Waals surface area contributed by atoms with Gasteiger partial charge in [-0.1, -0.05) is 0 Å². The van der Waals surface area contributed by atoms with Crippen LogP contribution in [0.15, 0.2) is 0 Å². The Labute approximate surface area is 75.4 Å². The number of ether oxygens (including phenoxy) is 1. The van der Waals surface area contributed by atoms with Gasteiger partial charge in [0, 0.05) is 19.5 Å². The fourth-order valence-electron chi connectivity index (χ4n) is 0.653. The number of primary amides is 1. The minimum atomic E-state index is -2.43. The number of nitrogens with one attached hydrogen (secondary N) is 1. The number of amides is 1. The minimum absolute atomic E-state index is 0.211. The van der Waals surface area contributed by atoms with Gasteiger partial charge < -0.3 is 15.8 Å². The van der Waals surface area contributed by atoms with E-state index in [1.54, 1.807) is 0 Å². The Hall–Kier alpha value is -0.750. The van der Waals surface area contributed by atoms with Crippen molar-refractivity contribution in [1.29, 1.82) is 0 Å². The molecule has 0 saturated carbocycles. The van der Waals surface area contributed by atoms with Gasteiger partial charge in [0.15, 0.2) is 0 Å². The van der Waals surface area contributed by atoms with Crippen LogP contribution in [0.1, 0.15) is 6.42 Å². The maximum atomic E-state index is 11.5. The lowest BCUT2D eigenvalue weighted by Crippen LogP contribution is -2.25. The average molecular weight is 196 g/mol. The zero-order chi connectivity index (χ0) is 10.1. The topological polar surface area (TPSA) is 64.4 Å². The fraction of sp³-hybridized carbons (Fsp3) is 0.857. The largest absolute Gasteiger partial charge is 0.374 e. The van der Waals surface area contributed by atoms with E-state index in [-0.39, 0.29) is 18.9 Å². The van der Waals surface area contributed by atoms with Crippen LogP contribution in [0.4, 0.5) is 8.78 Å². The molecule has 0 aliphatic carbocycles. The van der Waals surface area contributed by atoms with Crippen molar-refractivity contribution < 1.29 is 18.3 Å². The van der Waals surface area contributed by atoms with Crippen LogP contribution in [-0.4, -0.2) is 38.6 Å². The van der Waals surface area contributed by atoms with Gasteiger partial charge in [-0.05, 0) is 0 Å². The molecule has 0 saturated heterocycles. The van der Waals surface area contributed by atoms with Gasteiger partial charge in [-0.3, -0.25) is 4.79 Å².